The van der Waals surface area contributed by atoms with Gasteiger partial charge in [0.1, 0.15) is 6.04 Å². The van der Waals surface area contributed by atoms with E-state index in [4.69, 9.17) is 5.73 Å². The van der Waals surface area contributed by atoms with Crippen LogP contribution in [-0.2, 0) is 9.53 Å². The van der Waals surface area contributed by atoms with E-state index in [1.54, 1.807) is 0 Å². The summed E-state index contributed by atoms with van der Waals surface area (Å²) >= 11 is 1.51. The minimum Gasteiger partial charge on any atom is -0.468 e. The Labute approximate surface area is 75.1 Å². The Morgan fingerprint density at radius 3 is 2.75 bits per heavy atom. The van der Waals surface area contributed by atoms with Crippen LogP contribution < -0.4 is 5.73 Å². The second kappa shape index (κ2) is 3.69. The molecule has 3 nitrogen and oxygen atoms in total. The predicted octanol–water partition coefficient (Wildman–Crippen LogP) is 1.23. The van der Waals surface area contributed by atoms with Crippen LogP contribution in [0.25, 0.3) is 0 Å². The maximum Gasteiger partial charge on any atom is 0.328 e. The average molecular weight is 185 g/mol. The molecule has 0 saturated carbocycles. The Morgan fingerprint density at radius 2 is 2.33 bits per heavy atom. The lowest BCUT2D eigenvalue weighted by Gasteiger charge is -2.05. The molecule has 4 heteroatoms. The molecule has 0 aromatic carbocycles. The number of rotatable bonds is 2. The lowest BCUT2D eigenvalue weighted by molar-refractivity contribution is -0.142. The molecule has 0 saturated heterocycles. The molecule has 0 aliphatic heterocycles. The summed E-state index contributed by atoms with van der Waals surface area (Å²) in [6.07, 6.45) is 0. The average Bonchev–Trinajstić information content (AvgIpc) is 2.49. The molecule has 0 spiro atoms. The molecule has 0 aliphatic rings. The van der Waals surface area contributed by atoms with Crippen LogP contribution in [0.5, 0.6) is 0 Å². The van der Waals surface area contributed by atoms with Gasteiger partial charge in [0.2, 0.25) is 0 Å². The highest BCUT2D eigenvalue weighted by atomic mass is 32.1. The van der Waals surface area contributed by atoms with Gasteiger partial charge < -0.3 is 10.5 Å². The minimum atomic E-state index is -0.631. The summed E-state index contributed by atoms with van der Waals surface area (Å²) in [6, 6.07) is 3.15. The van der Waals surface area contributed by atoms with E-state index in [0.29, 0.717) is 0 Å². The van der Waals surface area contributed by atoms with Crippen molar-refractivity contribution in [2.24, 2.45) is 5.73 Å². The first-order valence-corrected chi connectivity index (χ1v) is 4.36. The van der Waals surface area contributed by atoms with Gasteiger partial charge >= 0.3 is 5.97 Å². The predicted molar refractivity (Wildman–Crippen MR) is 48.0 cm³/mol. The highest BCUT2D eigenvalue weighted by Crippen LogP contribution is 2.21. The molecule has 1 heterocycles. The van der Waals surface area contributed by atoms with Crippen molar-refractivity contribution >= 4 is 17.3 Å². The van der Waals surface area contributed by atoms with Gasteiger partial charge in [0.25, 0.3) is 0 Å². The third kappa shape index (κ3) is 1.84. The molecule has 1 rings (SSSR count). The van der Waals surface area contributed by atoms with Crippen molar-refractivity contribution in [3.63, 3.8) is 0 Å². The molecule has 2 N–H and O–H groups in total. The Bertz CT molecular complexity index is 282. The van der Waals surface area contributed by atoms with E-state index in [1.165, 1.54) is 18.4 Å². The Balaban J connectivity index is 2.77. The molecule has 1 atom stereocenters. The van der Waals surface area contributed by atoms with Gasteiger partial charge in [-0.05, 0) is 19.1 Å². The van der Waals surface area contributed by atoms with Crippen LogP contribution in [0.2, 0.25) is 0 Å². The Kier molecular flexibility index (Phi) is 2.83. The third-order valence-corrected chi connectivity index (χ3v) is 2.61. The molecule has 0 amide bonds. The molecule has 0 aliphatic carbocycles. The zero-order valence-electron chi connectivity index (χ0n) is 7.03. The monoisotopic (exact) mass is 185 g/mol. The number of hydrogen-bond acceptors (Lipinski definition) is 4. The first-order chi connectivity index (χ1) is 5.65. The topological polar surface area (TPSA) is 52.3 Å². The van der Waals surface area contributed by atoms with Crippen molar-refractivity contribution in [2.45, 2.75) is 13.0 Å². The maximum absolute atomic E-state index is 11.0. The molecular formula is C8H11NO2S. The van der Waals surface area contributed by atoms with Gasteiger partial charge in [-0.3, -0.25) is 0 Å². The zero-order valence-corrected chi connectivity index (χ0v) is 7.85. The molecule has 0 unspecified atom stereocenters. The number of methoxy groups -OCH3 is 1. The normalized spacial score (nSPS) is 12.6. The van der Waals surface area contributed by atoms with Crippen molar-refractivity contribution in [1.82, 2.24) is 0 Å². The van der Waals surface area contributed by atoms with Crippen LogP contribution in [0.15, 0.2) is 12.1 Å². The summed E-state index contributed by atoms with van der Waals surface area (Å²) in [7, 11) is 1.34. The molecule has 1 aromatic rings. The van der Waals surface area contributed by atoms with Crippen LogP contribution >= 0.6 is 11.3 Å². The SMILES string of the molecule is COC(=O)[C@@H](N)c1ccc(C)s1. The van der Waals surface area contributed by atoms with Gasteiger partial charge in [-0.15, -0.1) is 11.3 Å². The van der Waals surface area contributed by atoms with E-state index in [1.807, 2.05) is 19.1 Å². The van der Waals surface area contributed by atoms with E-state index in [-0.39, 0.29) is 0 Å². The van der Waals surface area contributed by atoms with Gasteiger partial charge in [-0.2, -0.15) is 0 Å². The van der Waals surface area contributed by atoms with Crippen LogP contribution in [0, 0.1) is 6.92 Å². The second-order valence-electron chi connectivity index (χ2n) is 2.45. The quantitative estimate of drug-likeness (QED) is 0.705. The standard InChI is InChI=1S/C8H11NO2S/c1-5-3-4-6(12-5)7(9)8(10)11-2/h3-4,7H,9H2,1-2H3/t7-/m0/s1. The van der Waals surface area contributed by atoms with E-state index in [9.17, 15) is 4.79 Å². The van der Waals surface area contributed by atoms with Gasteiger partial charge in [0.05, 0.1) is 7.11 Å². The van der Waals surface area contributed by atoms with Crippen molar-refractivity contribution in [3.05, 3.63) is 21.9 Å². The smallest absolute Gasteiger partial charge is 0.328 e. The molecule has 0 radical (unpaired) electrons. The summed E-state index contributed by atoms with van der Waals surface area (Å²) in [4.78, 5) is 13.0. The van der Waals surface area contributed by atoms with Crippen LogP contribution in [0.4, 0.5) is 0 Å². The Morgan fingerprint density at radius 1 is 1.67 bits per heavy atom. The van der Waals surface area contributed by atoms with E-state index < -0.39 is 12.0 Å². The van der Waals surface area contributed by atoms with Gasteiger partial charge in [0.15, 0.2) is 0 Å². The lowest BCUT2D eigenvalue weighted by atomic mass is 10.2. The number of ether oxygens (including phenoxy) is 1. The summed E-state index contributed by atoms with van der Waals surface area (Å²) in [5.74, 6) is -0.392. The minimum absolute atomic E-state index is 0.392. The van der Waals surface area contributed by atoms with Crippen molar-refractivity contribution < 1.29 is 9.53 Å². The van der Waals surface area contributed by atoms with Crippen molar-refractivity contribution in [3.8, 4) is 0 Å². The van der Waals surface area contributed by atoms with Gasteiger partial charge in [-0.1, -0.05) is 0 Å². The van der Waals surface area contributed by atoms with Crippen LogP contribution in [-0.4, -0.2) is 13.1 Å². The first kappa shape index (κ1) is 9.22. The molecule has 66 valence electrons. The van der Waals surface area contributed by atoms with E-state index in [2.05, 4.69) is 4.74 Å². The lowest BCUT2D eigenvalue weighted by Crippen LogP contribution is -2.21. The van der Waals surface area contributed by atoms with Crippen molar-refractivity contribution in [2.75, 3.05) is 7.11 Å². The fraction of sp³-hybridized carbons (Fsp3) is 0.375. The number of hydrogen-bond donors (Lipinski definition) is 1. The summed E-state index contributed by atoms with van der Waals surface area (Å²) in [6.45, 7) is 1.97. The fourth-order valence-electron chi connectivity index (χ4n) is 0.864. The number of aryl methyl sites for hydroxylation is 1. The summed E-state index contributed by atoms with van der Waals surface area (Å²) < 4.78 is 4.52. The maximum atomic E-state index is 11.0. The number of carbonyl (C=O) groups excluding carboxylic acids is 1. The highest BCUT2D eigenvalue weighted by Gasteiger charge is 2.17. The molecule has 0 bridgehead atoms. The fourth-order valence-corrected chi connectivity index (χ4v) is 1.73. The van der Waals surface area contributed by atoms with Crippen LogP contribution in [0.3, 0.4) is 0 Å². The Hall–Kier alpha value is -0.870. The third-order valence-electron chi connectivity index (χ3n) is 1.52. The number of carbonyl (C=O) groups is 1. The van der Waals surface area contributed by atoms with Crippen molar-refractivity contribution in [1.29, 1.82) is 0 Å². The van der Waals surface area contributed by atoms with E-state index in [0.717, 1.165) is 9.75 Å². The number of thiophene rings is 1. The highest BCUT2D eigenvalue weighted by molar-refractivity contribution is 7.12. The van der Waals surface area contributed by atoms with Crippen LogP contribution in [0.1, 0.15) is 15.8 Å². The first-order valence-electron chi connectivity index (χ1n) is 3.55. The largest absolute Gasteiger partial charge is 0.468 e. The number of esters is 1. The summed E-state index contributed by atoms with van der Waals surface area (Å²) in [5, 5.41) is 0. The summed E-state index contributed by atoms with van der Waals surface area (Å²) in [5.41, 5.74) is 5.60. The molecule has 12 heavy (non-hydrogen) atoms. The van der Waals surface area contributed by atoms with Gasteiger partial charge in [-0.25, -0.2) is 4.79 Å². The number of nitrogens with two attached hydrogens (primary N) is 1. The molecule has 1 aromatic heterocycles. The second-order valence-corrected chi connectivity index (χ2v) is 3.77. The molecule has 0 fully saturated rings. The van der Waals surface area contributed by atoms with Gasteiger partial charge in [0, 0.05) is 9.75 Å². The molecular weight excluding hydrogens is 174 g/mol. The van der Waals surface area contributed by atoms with E-state index >= 15 is 0 Å². The zero-order chi connectivity index (χ0) is 9.14.